The molecule has 0 aliphatic heterocycles. The SMILES string of the molecule is CC(C)Oc1ccc(-c2noc(C3CCC3)n2)cc1O. The van der Waals surface area contributed by atoms with E-state index >= 15 is 0 Å². The van der Waals surface area contributed by atoms with E-state index in [2.05, 4.69) is 10.1 Å². The molecule has 0 bridgehead atoms. The van der Waals surface area contributed by atoms with Gasteiger partial charge in [0.1, 0.15) is 0 Å². The summed E-state index contributed by atoms with van der Waals surface area (Å²) >= 11 is 0. The Bertz CT molecular complexity index is 603. The summed E-state index contributed by atoms with van der Waals surface area (Å²) < 4.78 is 10.8. The van der Waals surface area contributed by atoms with Gasteiger partial charge >= 0.3 is 0 Å². The largest absolute Gasteiger partial charge is 0.504 e. The summed E-state index contributed by atoms with van der Waals surface area (Å²) in [5.74, 6) is 2.18. The summed E-state index contributed by atoms with van der Waals surface area (Å²) in [6.07, 6.45) is 3.48. The van der Waals surface area contributed by atoms with Gasteiger partial charge in [-0.2, -0.15) is 4.98 Å². The summed E-state index contributed by atoms with van der Waals surface area (Å²) in [5.41, 5.74) is 0.730. The fourth-order valence-corrected chi connectivity index (χ4v) is 2.18. The fraction of sp³-hybridized carbons (Fsp3) is 0.467. The number of hydrogen-bond donors (Lipinski definition) is 1. The van der Waals surface area contributed by atoms with Crippen LogP contribution in [-0.2, 0) is 0 Å². The number of aromatic hydroxyl groups is 1. The number of ether oxygens (including phenoxy) is 1. The molecule has 1 aromatic heterocycles. The van der Waals surface area contributed by atoms with Gasteiger partial charge in [-0.05, 0) is 44.9 Å². The Morgan fingerprint density at radius 1 is 1.35 bits per heavy atom. The van der Waals surface area contributed by atoms with Gasteiger partial charge in [0.15, 0.2) is 11.5 Å². The molecule has 0 saturated heterocycles. The first-order chi connectivity index (χ1) is 9.63. The molecule has 5 nitrogen and oxygen atoms in total. The molecular formula is C15H18N2O3. The van der Waals surface area contributed by atoms with Crippen molar-refractivity contribution in [3.63, 3.8) is 0 Å². The van der Waals surface area contributed by atoms with Crippen LogP contribution >= 0.6 is 0 Å². The molecule has 0 spiro atoms. The number of benzene rings is 1. The minimum atomic E-state index is 0.0159. The van der Waals surface area contributed by atoms with Gasteiger partial charge in [0.05, 0.1) is 6.10 Å². The van der Waals surface area contributed by atoms with Crippen LogP contribution in [0.1, 0.15) is 44.9 Å². The maximum atomic E-state index is 9.96. The van der Waals surface area contributed by atoms with Crippen molar-refractivity contribution in [3.8, 4) is 22.9 Å². The predicted molar refractivity (Wildman–Crippen MR) is 73.8 cm³/mol. The van der Waals surface area contributed by atoms with Crippen LogP contribution in [-0.4, -0.2) is 21.4 Å². The van der Waals surface area contributed by atoms with Gasteiger partial charge in [-0.25, -0.2) is 0 Å². The predicted octanol–water partition coefficient (Wildman–Crippen LogP) is 3.50. The molecule has 106 valence electrons. The highest BCUT2D eigenvalue weighted by atomic mass is 16.5. The van der Waals surface area contributed by atoms with Gasteiger partial charge in [-0.1, -0.05) is 11.6 Å². The first kappa shape index (κ1) is 13.0. The van der Waals surface area contributed by atoms with Crippen LogP contribution in [0.5, 0.6) is 11.5 Å². The van der Waals surface area contributed by atoms with Crippen molar-refractivity contribution in [2.45, 2.75) is 45.1 Å². The van der Waals surface area contributed by atoms with E-state index in [0.29, 0.717) is 23.4 Å². The van der Waals surface area contributed by atoms with Crippen molar-refractivity contribution in [3.05, 3.63) is 24.1 Å². The quantitative estimate of drug-likeness (QED) is 0.924. The molecule has 5 heteroatoms. The monoisotopic (exact) mass is 274 g/mol. The second kappa shape index (κ2) is 5.15. The third-order valence-corrected chi connectivity index (χ3v) is 3.48. The van der Waals surface area contributed by atoms with Gasteiger partial charge < -0.3 is 14.4 Å². The van der Waals surface area contributed by atoms with Crippen LogP contribution in [0.4, 0.5) is 0 Å². The average Bonchev–Trinajstić information content (AvgIpc) is 2.78. The summed E-state index contributed by atoms with van der Waals surface area (Å²) in [7, 11) is 0. The van der Waals surface area contributed by atoms with Crippen LogP contribution in [0.2, 0.25) is 0 Å². The van der Waals surface area contributed by atoms with E-state index in [-0.39, 0.29) is 11.9 Å². The molecule has 1 fully saturated rings. The molecule has 1 saturated carbocycles. The second-order valence-electron chi connectivity index (χ2n) is 5.43. The minimum Gasteiger partial charge on any atom is -0.504 e. The van der Waals surface area contributed by atoms with Gasteiger partial charge in [0.25, 0.3) is 0 Å². The molecule has 0 unspecified atom stereocenters. The van der Waals surface area contributed by atoms with Gasteiger partial charge in [0.2, 0.25) is 11.7 Å². The van der Waals surface area contributed by atoms with Crippen LogP contribution in [0.25, 0.3) is 11.4 Å². The van der Waals surface area contributed by atoms with Gasteiger partial charge in [-0.3, -0.25) is 0 Å². The minimum absolute atomic E-state index is 0.0159. The Balaban J connectivity index is 1.82. The molecule has 0 radical (unpaired) electrons. The lowest BCUT2D eigenvalue weighted by atomic mass is 9.85. The van der Waals surface area contributed by atoms with Crippen molar-refractivity contribution in [1.82, 2.24) is 10.1 Å². The molecule has 2 aromatic rings. The highest BCUT2D eigenvalue weighted by Crippen LogP contribution is 2.37. The van der Waals surface area contributed by atoms with E-state index in [4.69, 9.17) is 9.26 Å². The van der Waals surface area contributed by atoms with Crippen molar-refractivity contribution in [1.29, 1.82) is 0 Å². The molecule has 1 aliphatic rings. The lowest BCUT2D eigenvalue weighted by molar-refractivity contribution is 0.232. The van der Waals surface area contributed by atoms with Crippen molar-refractivity contribution in [2.24, 2.45) is 0 Å². The van der Waals surface area contributed by atoms with E-state index in [9.17, 15) is 5.11 Å². The molecular weight excluding hydrogens is 256 g/mol. The van der Waals surface area contributed by atoms with Crippen LogP contribution < -0.4 is 4.74 Å². The molecule has 0 atom stereocenters. The Morgan fingerprint density at radius 3 is 2.75 bits per heavy atom. The first-order valence-corrected chi connectivity index (χ1v) is 6.97. The van der Waals surface area contributed by atoms with E-state index in [1.54, 1.807) is 12.1 Å². The highest BCUT2D eigenvalue weighted by Gasteiger charge is 2.25. The van der Waals surface area contributed by atoms with E-state index < -0.39 is 0 Å². The highest BCUT2D eigenvalue weighted by molar-refractivity contribution is 5.60. The first-order valence-electron chi connectivity index (χ1n) is 6.97. The fourth-order valence-electron chi connectivity index (χ4n) is 2.18. The summed E-state index contributed by atoms with van der Waals surface area (Å²) in [6.45, 7) is 3.83. The molecule has 1 aliphatic carbocycles. The Hall–Kier alpha value is -2.04. The van der Waals surface area contributed by atoms with Crippen LogP contribution in [0, 0.1) is 0 Å². The Labute approximate surface area is 117 Å². The van der Waals surface area contributed by atoms with E-state index in [1.807, 2.05) is 19.9 Å². The third-order valence-electron chi connectivity index (χ3n) is 3.48. The zero-order valence-electron chi connectivity index (χ0n) is 11.7. The lowest BCUT2D eigenvalue weighted by Gasteiger charge is -2.20. The third kappa shape index (κ3) is 2.48. The maximum absolute atomic E-state index is 9.96. The summed E-state index contributed by atoms with van der Waals surface area (Å²) in [6, 6.07) is 5.16. The number of nitrogens with zero attached hydrogens (tertiary/aromatic N) is 2. The van der Waals surface area contributed by atoms with E-state index in [1.165, 1.54) is 6.42 Å². The van der Waals surface area contributed by atoms with Gasteiger partial charge in [0, 0.05) is 11.5 Å². The maximum Gasteiger partial charge on any atom is 0.230 e. The van der Waals surface area contributed by atoms with Crippen LogP contribution in [0.15, 0.2) is 22.7 Å². The Kier molecular flexibility index (Phi) is 3.34. The molecule has 1 aromatic carbocycles. The lowest BCUT2D eigenvalue weighted by Crippen LogP contribution is -2.08. The van der Waals surface area contributed by atoms with Crippen molar-refractivity contribution >= 4 is 0 Å². The number of aromatic nitrogens is 2. The molecule has 1 heterocycles. The molecule has 20 heavy (non-hydrogen) atoms. The zero-order valence-corrected chi connectivity index (χ0v) is 11.7. The smallest absolute Gasteiger partial charge is 0.230 e. The molecule has 3 rings (SSSR count). The average molecular weight is 274 g/mol. The number of phenolic OH excluding ortho intramolecular Hbond substituents is 1. The molecule has 1 N–H and O–H groups in total. The van der Waals surface area contributed by atoms with Crippen LogP contribution in [0.3, 0.4) is 0 Å². The standard InChI is InChI=1S/C15H18N2O3/c1-9(2)19-13-7-6-11(8-12(13)18)14-16-15(20-17-14)10-4-3-5-10/h6-10,18H,3-5H2,1-2H3. The second-order valence-corrected chi connectivity index (χ2v) is 5.43. The van der Waals surface area contributed by atoms with E-state index in [0.717, 1.165) is 18.4 Å². The summed E-state index contributed by atoms with van der Waals surface area (Å²) in [4.78, 5) is 4.40. The topological polar surface area (TPSA) is 68.4 Å². The number of phenols is 1. The number of hydrogen-bond acceptors (Lipinski definition) is 5. The van der Waals surface area contributed by atoms with Crippen molar-refractivity contribution < 1.29 is 14.4 Å². The zero-order chi connectivity index (χ0) is 14.1. The molecule has 0 amide bonds. The summed E-state index contributed by atoms with van der Waals surface area (Å²) in [5, 5.41) is 13.9. The van der Waals surface area contributed by atoms with Crippen molar-refractivity contribution in [2.75, 3.05) is 0 Å². The Morgan fingerprint density at radius 2 is 2.15 bits per heavy atom. The van der Waals surface area contributed by atoms with Gasteiger partial charge in [-0.15, -0.1) is 0 Å². The normalized spacial score (nSPS) is 15.3. The number of rotatable bonds is 4.